The number of pyridine rings is 1. The minimum absolute atomic E-state index is 0.242. The van der Waals surface area contributed by atoms with Crippen LogP contribution in [0.4, 0.5) is 11.5 Å². The van der Waals surface area contributed by atoms with E-state index < -0.39 is 0 Å². The summed E-state index contributed by atoms with van der Waals surface area (Å²) in [6.45, 7) is 0. The molecule has 0 aliphatic rings. The Morgan fingerprint density at radius 3 is 2.79 bits per heavy atom. The first-order valence-electron chi connectivity index (χ1n) is 5.58. The molecule has 2 rings (SSSR count). The number of nitrogens with two attached hydrogens (primary N) is 1. The second kappa shape index (κ2) is 5.69. The van der Waals surface area contributed by atoms with Crippen LogP contribution in [0.2, 0.25) is 5.02 Å². The number of rotatable bonds is 3. The number of hydrogen-bond acceptors (Lipinski definition) is 4. The predicted molar refractivity (Wildman–Crippen MR) is 76.2 cm³/mol. The van der Waals surface area contributed by atoms with Crippen LogP contribution in [0.1, 0.15) is 10.4 Å². The molecule has 6 heteroatoms. The van der Waals surface area contributed by atoms with Gasteiger partial charge in [-0.3, -0.25) is 15.5 Å². The van der Waals surface area contributed by atoms with Crippen LogP contribution in [-0.4, -0.2) is 17.9 Å². The highest BCUT2D eigenvalue weighted by atomic mass is 35.5. The molecule has 0 atom stereocenters. The number of aromatic nitrogens is 1. The number of halogens is 1. The van der Waals surface area contributed by atoms with Crippen LogP contribution in [0.3, 0.4) is 0 Å². The lowest BCUT2D eigenvalue weighted by Crippen LogP contribution is -2.28. The van der Waals surface area contributed by atoms with Crippen molar-refractivity contribution in [2.24, 2.45) is 5.84 Å². The molecule has 0 spiro atoms. The van der Waals surface area contributed by atoms with E-state index in [0.29, 0.717) is 22.1 Å². The Hall–Kier alpha value is -2.11. The van der Waals surface area contributed by atoms with Crippen LogP contribution in [0.25, 0.3) is 0 Å². The predicted octanol–water partition coefficient (Wildman–Crippen LogP) is 2.30. The molecule has 3 N–H and O–H groups in total. The molecule has 0 saturated carbocycles. The third-order valence-corrected chi connectivity index (χ3v) is 2.90. The molecule has 0 fully saturated rings. The van der Waals surface area contributed by atoms with Crippen LogP contribution in [0, 0.1) is 0 Å². The summed E-state index contributed by atoms with van der Waals surface area (Å²) in [5.41, 5.74) is 3.39. The van der Waals surface area contributed by atoms with Gasteiger partial charge in [-0.2, -0.15) is 0 Å². The Balaban J connectivity index is 2.37. The van der Waals surface area contributed by atoms with Gasteiger partial charge in [-0.15, -0.1) is 0 Å². The van der Waals surface area contributed by atoms with Gasteiger partial charge < -0.3 is 5.43 Å². The van der Waals surface area contributed by atoms with Gasteiger partial charge in [0, 0.05) is 18.3 Å². The van der Waals surface area contributed by atoms with Gasteiger partial charge in [0.2, 0.25) is 0 Å². The highest BCUT2D eigenvalue weighted by Gasteiger charge is 2.18. The highest BCUT2D eigenvalue weighted by Crippen LogP contribution is 2.22. The van der Waals surface area contributed by atoms with Crippen molar-refractivity contribution >= 4 is 29.0 Å². The van der Waals surface area contributed by atoms with Crippen LogP contribution < -0.4 is 16.2 Å². The third-order valence-electron chi connectivity index (χ3n) is 2.67. The molecule has 1 amide bonds. The minimum Gasteiger partial charge on any atom is -0.323 e. The average molecular weight is 277 g/mol. The lowest BCUT2D eigenvalue weighted by atomic mass is 10.1. The summed E-state index contributed by atoms with van der Waals surface area (Å²) in [5.74, 6) is 5.71. The monoisotopic (exact) mass is 276 g/mol. The molecule has 0 aliphatic carbocycles. The summed E-state index contributed by atoms with van der Waals surface area (Å²) in [4.78, 5) is 18.0. The fourth-order valence-electron chi connectivity index (χ4n) is 1.66. The maximum absolute atomic E-state index is 12.4. The molecule has 0 aliphatic heterocycles. The molecule has 0 unspecified atom stereocenters. The molecular weight excluding hydrogens is 264 g/mol. The highest BCUT2D eigenvalue weighted by molar-refractivity contribution is 6.31. The van der Waals surface area contributed by atoms with E-state index in [1.807, 2.05) is 6.07 Å². The van der Waals surface area contributed by atoms with E-state index in [9.17, 15) is 4.79 Å². The number of nitrogen functional groups attached to an aromatic ring is 1. The van der Waals surface area contributed by atoms with Crippen LogP contribution in [0.5, 0.6) is 0 Å². The average Bonchev–Trinajstić information content (AvgIpc) is 2.46. The number of nitrogens with zero attached hydrogens (tertiary/aromatic N) is 2. The third kappa shape index (κ3) is 2.83. The first kappa shape index (κ1) is 13.3. The number of benzene rings is 1. The van der Waals surface area contributed by atoms with E-state index >= 15 is 0 Å². The molecule has 0 bridgehead atoms. The fourth-order valence-corrected chi connectivity index (χ4v) is 1.83. The van der Waals surface area contributed by atoms with Gasteiger partial charge >= 0.3 is 0 Å². The van der Waals surface area contributed by atoms with Crippen molar-refractivity contribution in [3.8, 4) is 0 Å². The molecule has 1 heterocycles. The maximum atomic E-state index is 12.4. The first-order chi connectivity index (χ1) is 9.13. The Morgan fingerprint density at radius 1 is 1.37 bits per heavy atom. The molecular formula is C13H13ClN4O. The summed E-state index contributed by atoms with van der Waals surface area (Å²) in [5, 5.41) is 0.469. The zero-order chi connectivity index (χ0) is 13.8. The normalized spacial score (nSPS) is 10.1. The lowest BCUT2D eigenvalue weighted by molar-refractivity contribution is 0.0993. The molecule has 0 radical (unpaired) electrons. The van der Waals surface area contributed by atoms with Crippen LogP contribution >= 0.6 is 11.6 Å². The molecule has 0 saturated heterocycles. The summed E-state index contributed by atoms with van der Waals surface area (Å²) >= 11 is 5.91. The number of amides is 1. The number of carbonyl (C=O) groups excluding carboxylic acids is 1. The molecule has 1 aromatic carbocycles. The summed E-state index contributed by atoms with van der Waals surface area (Å²) < 4.78 is 0. The van der Waals surface area contributed by atoms with Gasteiger partial charge in [0.25, 0.3) is 5.91 Å². The summed E-state index contributed by atoms with van der Waals surface area (Å²) in [6.07, 6.45) is 1.62. The van der Waals surface area contributed by atoms with Gasteiger partial charge in [-0.05, 0) is 30.3 Å². The number of nitrogens with one attached hydrogen (secondary N) is 1. The molecule has 98 valence electrons. The molecule has 5 nitrogen and oxygen atoms in total. The first-order valence-corrected chi connectivity index (χ1v) is 5.96. The smallest absolute Gasteiger partial charge is 0.261 e. The topological polar surface area (TPSA) is 71.2 Å². The van der Waals surface area contributed by atoms with Crippen molar-refractivity contribution in [1.82, 2.24) is 4.98 Å². The zero-order valence-electron chi connectivity index (χ0n) is 10.3. The lowest BCUT2D eigenvalue weighted by Gasteiger charge is -2.18. The van der Waals surface area contributed by atoms with E-state index in [0.717, 1.165) is 0 Å². The Morgan fingerprint density at radius 2 is 2.16 bits per heavy atom. The van der Waals surface area contributed by atoms with E-state index in [4.69, 9.17) is 17.4 Å². The van der Waals surface area contributed by atoms with Crippen molar-refractivity contribution in [1.29, 1.82) is 0 Å². The maximum Gasteiger partial charge on any atom is 0.261 e. The van der Waals surface area contributed by atoms with Gasteiger partial charge in [0.15, 0.2) is 0 Å². The number of hydrazine groups is 1. The number of hydrogen-bond donors (Lipinski definition) is 2. The van der Waals surface area contributed by atoms with Gasteiger partial charge in [-0.25, -0.2) is 4.98 Å². The van der Waals surface area contributed by atoms with Crippen molar-refractivity contribution in [3.63, 3.8) is 0 Å². The SMILES string of the molecule is CN(C(=O)c1cc(Cl)ccc1NN)c1ccccn1. The van der Waals surface area contributed by atoms with Gasteiger partial charge in [0.1, 0.15) is 5.82 Å². The van der Waals surface area contributed by atoms with E-state index in [-0.39, 0.29) is 5.91 Å². The summed E-state index contributed by atoms with van der Waals surface area (Å²) in [6, 6.07) is 10.2. The standard InChI is InChI=1S/C13H13ClN4O/c1-18(12-4-2-3-7-16-12)13(19)10-8-9(14)5-6-11(10)17-15/h2-8,17H,15H2,1H3. The van der Waals surface area contributed by atoms with Crippen LogP contribution in [-0.2, 0) is 0 Å². The second-order valence-corrected chi connectivity index (χ2v) is 4.32. The van der Waals surface area contributed by atoms with Crippen molar-refractivity contribution < 1.29 is 4.79 Å². The van der Waals surface area contributed by atoms with Gasteiger partial charge in [-0.1, -0.05) is 17.7 Å². The number of anilines is 2. The molecule has 2 aromatic rings. The Labute approximate surface area is 116 Å². The van der Waals surface area contributed by atoms with Crippen molar-refractivity contribution in [2.75, 3.05) is 17.4 Å². The van der Waals surface area contributed by atoms with Crippen molar-refractivity contribution in [2.45, 2.75) is 0 Å². The number of carbonyl (C=O) groups is 1. The van der Waals surface area contributed by atoms with Gasteiger partial charge in [0.05, 0.1) is 11.3 Å². The van der Waals surface area contributed by atoms with E-state index in [2.05, 4.69) is 10.4 Å². The summed E-state index contributed by atoms with van der Waals surface area (Å²) in [7, 11) is 1.64. The fraction of sp³-hybridized carbons (Fsp3) is 0.0769. The van der Waals surface area contributed by atoms with E-state index in [1.54, 1.807) is 43.6 Å². The second-order valence-electron chi connectivity index (χ2n) is 3.89. The Bertz CT molecular complexity index is 588. The quantitative estimate of drug-likeness (QED) is 0.666. The largest absolute Gasteiger partial charge is 0.323 e. The molecule has 1 aromatic heterocycles. The zero-order valence-corrected chi connectivity index (χ0v) is 11.1. The van der Waals surface area contributed by atoms with Crippen LogP contribution in [0.15, 0.2) is 42.6 Å². The Kier molecular flexibility index (Phi) is 3.99. The van der Waals surface area contributed by atoms with E-state index in [1.165, 1.54) is 4.90 Å². The minimum atomic E-state index is -0.242. The van der Waals surface area contributed by atoms with Crippen molar-refractivity contribution in [3.05, 3.63) is 53.2 Å². The molecule has 19 heavy (non-hydrogen) atoms.